The zero-order valence-corrected chi connectivity index (χ0v) is 18.6. The third-order valence-corrected chi connectivity index (χ3v) is 6.88. The molecule has 3 aromatic rings. The predicted octanol–water partition coefficient (Wildman–Crippen LogP) is 5.13. The Balaban J connectivity index is 1.40. The molecule has 32 heavy (non-hydrogen) atoms. The molecule has 6 heteroatoms. The number of hydrogen-bond acceptors (Lipinski definition) is 3. The summed E-state index contributed by atoms with van der Waals surface area (Å²) in [7, 11) is 0. The second-order valence-corrected chi connectivity index (χ2v) is 8.92. The lowest BCUT2D eigenvalue weighted by Crippen LogP contribution is -2.30. The average molecular weight is 449 g/mol. The van der Waals surface area contributed by atoms with E-state index in [0.717, 1.165) is 17.5 Å². The molecule has 4 nitrogen and oxygen atoms in total. The largest absolute Gasteiger partial charge is 0.346 e. The number of nitrogens with one attached hydrogen (secondary N) is 1. The summed E-state index contributed by atoms with van der Waals surface area (Å²) in [5.41, 5.74) is 3.61. The lowest BCUT2D eigenvalue weighted by atomic mass is 10.1. The number of thioether (sulfide) groups is 1. The molecule has 1 fully saturated rings. The van der Waals surface area contributed by atoms with Crippen LogP contribution in [0.4, 0.5) is 4.39 Å². The van der Waals surface area contributed by atoms with Gasteiger partial charge in [0.1, 0.15) is 11.2 Å². The minimum absolute atomic E-state index is 0.0403. The molecule has 1 N–H and O–H groups in total. The maximum absolute atomic E-state index is 13.1. The Morgan fingerprint density at radius 1 is 1.06 bits per heavy atom. The molecule has 0 radical (unpaired) electrons. The van der Waals surface area contributed by atoms with Crippen molar-refractivity contribution < 1.29 is 14.0 Å². The first-order valence-corrected chi connectivity index (χ1v) is 11.7. The Kier molecular flexibility index (Phi) is 6.90. The molecule has 1 aliphatic rings. The quantitative estimate of drug-likeness (QED) is 0.545. The van der Waals surface area contributed by atoms with Crippen molar-refractivity contribution in [2.24, 2.45) is 0 Å². The molecule has 0 saturated carbocycles. The van der Waals surface area contributed by atoms with Crippen molar-refractivity contribution in [3.05, 3.63) is 107 Å². The number of nitrogens with zero attached hydrogens (tertiary/aromatic N) is 1. The van der Waals surface area contributed by atoms with Gasteiger partial charge in [-0.2, -0.15) is 0 Å². The predicted molar refractivity (Wildman–Crippen MR) is 126 cm³/mol. The van der Waals surface area contributed by atoms with Gasteiger partial charge in [0.2, 0.25) is 5.91 Å². The highest BCUT2D eigenvalue weighted by atomic mass is 32.2. The SMILES string of the molecule is C[C@H](NC(=O)c1ccc([C@@H]2SCC(=O)N2CCc2ccccc2)cc1)c1ccc(F)cc1. The summed E-state index contributed by atoms with van der Waals surface area (Å²) < 4.78 is 13.1. The zero-order valence-electron chi connectivity index (χ0n) is 17.8. The summed E-state index contributed by atoms with van der Waals surface area (Å²) in [4.78, 5) is 27.0. The topological polar surface area (TPSA) is 49.4 Å². The molecule has 2 amide bonds. The number of amides is 2. The van der Waals surface area contributed by atoms with Gasteiger partial charge in [-0.15, -0.1) is 11.8 Å². The van der Waals surface area contributed by atoms with E-state index in [1.165, 1.54) is 17.7 Å². The highest BCUT2D eigenvalue weighted by Crippen LogP contribution is 2.38. The Morgan fingerprint density at radius 3 is 2.44 bits per heavy atom. The van der Waals surface area contributed by atoms with Gasteiger partial charge in [0.15, 0.2) is 0 Å². The van der Waals surface area contributed by atoms with Crippen molar-refractivity contribution in [3.63, 3.8) is 0 Å². The Bertz CT molecular complexity index is 1070. The highest BCUT2D eigenvalue weighted by Gasteiger charge is 2.32. The number of carbonyl (C=O) groups is 2. The molecular weight excluding hydrogens is 423 g/mol. The number of benzene rings is 3. The first-order chi connectivity index (χ1) is 15.5. The van der Waals surface area contributed by atoms with Crippen LogP contribution in [0.5, 0.6) is 0 Å². The molecule has 4 rings (SSSR count). The van der Waals surface area contributed by atoms with Crippen molar-refractivity contribution in [3.8, 4) is 0 Å². The molecule has 1 heterocycles. The minimum atomic E-state index is -0.302. The van der Waals surface area contributed by atoms with Gasteiger partial charge in [-0.25, -0.2) is 4.39 Å². The molecule has 2 atom stereocenters. The van der Waals surface area contributed by atoms with Gasteiger partial charge < -0.3 is 10.2 Å². The standard InChI is InChI=1S/C26H25FN2O2S/c1-18(20-11-13-23(27)14-12-20)28-25(31)21-7-9-22(10-8-21)26-29(24(30)17-32-26)16-15-19-5-3-2-4-6-19/h2-14,18,26H,15-17H2,1H3,(H,28,31)/t18-,26-/m0/s1. The molecule has 0 aromatic heterocycles. The smallest absolute Gasteiger partial charge is 0.251 e. The lowest BCUT2D eigenvalue weighted by Gasteiger charge is -2.24. The van der Waals surface area contributed by atoms with Gasteiger partial charge in [-0.05, 0) is 54.3 Å². The van der Waals surface area contributed by atoms with E-state index in [1.807, 2.05) is 42.2 Å². The van der Waals surface area contributed by atoms with Crippen LogP contribution >= 0.6 is 11.8 Å². The Morgan fingerprint density at radius 2 is 1.75 bits per heavy atom. The number of hydrogen-bond donors (Lipinski definition) is 1. The second kappa shape index (κ2) is 10.0. The third kappa shape index (κ3) is 5.19. The van der Waals surface area contributed by atoms with Crippen LogP contribution < -0.4 is 5.32 Å². The van der Waals surface area contributed by atoms with Crippen LogP contribution in [0, 0.1) is 5.82 Å². The summed E-state index contributed by atoms with van der Waals surface area (Å²) in [5.74, 6) is 0.121. The van der Waals surface area contributed by atoms with E-state index in [2.05, 4.69) is 17.4 Å². The summed E-state index contributed by atoms with van der Waals surface area (Å²) in [6.07, 6.45) is 0.811. The van der Waals surface area contributed by atoms with Crippen molar-refractivity contribution in [1.82, 2.24) is 10.2 Å². The van der Waals surface area contributed by atoms with E-state index >= 15 is 0 Å². The molecule has 1 aliphatic heterocycles. The van der Waals surface area contributed by atoms with Crippen LogP contribution in [0.1, 0.15) is 45.4 Å². The third-order valence-electron chi connectivity index (χ3n) is 5.63. The second-order valence-electron chi connectivity index (χ2n) is 7.85. The van der Waals surface area contributed by atoms with Crippen LogP contribution in [0.25, 0.3) is 0 Å². The van der Waals surface area contributed by atoms with E-state index < -0.39 is 0 Å². The molecule has 0 unspecified atom stereocenters. The highest BCUT2D eigenvalue weighted by molar-refractivity contribution is 8.00. The Hall–Kier alpha value is -3.12. The maximum atomic E-state index is 13.1. The molecule has 0 spiro atoms. The first kappa shape index (κ1) is 22.1. The summed E-state index contributed by atoms with van der Waals surface area (Å²) in [6.45, 7) is 2.53. The summed E-state index contributed by atoms with van der Waals surface area (Å²) >= 11 is 1.62. The number of rotatable bonds is 7. The fourth-order valence-electron chi connectivity index (χ4n) is 3.78. The number of carbonyl (C=O) groups excluding carboxylic acids is 2. The van der Waals surface area contributed by atoms with Crippen LogP contribution in [0.15, 0.2) is 78.9 Å². The van der Waals surface area contributed by atoms with Gasteiger partial charge in [-0.1, -0.05) is 54.6 Å². The molecular formula is C26H25FN2O2S. The molecule has 164 valence electrons. The van der Waals surface area contributed by atoms with Gasteiger partial charge in [0, 0.05) is 12.1 Å². The van der Waals surface area contributed by atoms with Crippen LogP contribution in [0.2, 0.25) is 0 Å². The number of halogens is 1. The molecule has 0 aliphatic carbocycles. The van der Waals surface area contributed by atoms with Gasteiger partial charge >= 0.3 is 0 Å². The van der Waals surface area contributed by atoms with Crippen LogP contribution in [-0.4, -0.2) is 29.0 Å². The van der Waals surface area contributed by atoms with Crippen LogP contribution in [0.3, 0.4) is 0 Å². The summed E-state index contributed by atoms with van der Waals surface area (Å²) in [5, 5.41) is 2.90. The van der Waals surface area contributed by atoms with E-state index in [0.29, 0.717) is 17.9 Å². The first-order valence-electron chi connectivity index (χ1n) is 10.6. The Labute approximate surface area is 191 Å². The maximum Gasteiger partial charge on any atom is 0.251 e. The van der Waals surface area contributed by atoms with E-state index in [1.54, 1.807) is 36.0 Å². The lowest BCUT2D eigenvalue weighted by molar-refractivity contribution is -0.128. The molecule has 0 bridgehead atoms. The van der Waals surface area contributed by atoms with Crippen molar-refractivity contribution in [2.75, 3.05) is 12.3 Å². The van der Waals surface area contributed by atoms with Gasteiger partial charge in [0.25, 0.3) is 5.91 Å². The molecule has 1 saturated heterocycles. The van der Waals surface area contributed by atoms with Crippen molar-refractivity contribution in [1.29, 1.82) is 0 Å². The van der Waals surface area contributed by atoms with Crippen molar-refractivity contribution >= 4 is 23.6 Å². The summed E-state index contributed by atoms with van der Waals surface area (Å²) in [6, 6.07) is 23.4. The van der Waals surface area contributed by atoms with Crippen LogP contribution in [-0.2, 0) is 11.2 Å². The van der Waals surface area contributed by atoms with E-state index in [-0.39, 0.29) is 29.0 Å². The minimum Gasteiger partial charge on any atom is -0.346 e. The average Bonchev–Trinajstić information content (AvgIpc) is 3.19. The van der Waals surface area contributed by atoms with Crippen molar-refractivity contribution in [2.45, 2.75) is 24.8 Å². The zero-order chi connectivity index (χ0) is 22.5. The molecule has 3 aromatic carbocycles. The van der Waals surface area contributed by atoms with Gasteiger partial charge in [0.05, 0.1) is 11.8 Å². The fourth-order valence-corrected chi connectivity index (χ4v) is 5.00. The normalized spacial score (nSPS) is 16.8. The fraction of sp³-hybridized carbons (Fsp3) is 0.231. The van der Waals surface area contributed by atoms with E-state index in [4.69, 9.17) is 0 Å². The van der Waals surface area contributed by atoms with Gasteiger partial charge in [-0.3, -0.25) is 9.59 Å². The monoisotopic (exact) mass is 448 g/mol. The van der Waals surface area contributed by atoms with E-state index in [9.17, 15) is 14.0 Å².